The van der Waals surface area contributed by atoms with Crippen molar-refractivity contribution >= 4 is 32.5 Å². The normalized spacial score (nSPS) is 12.2. The predicted molar refractivity (Wildman–Crippen MR) is 111 cm³/mol. The molecule has 0 amide bonds. The molecular weight excluding hydrogens is 388 g/mol. The van der Waals surface area contributed by atoms with Gasteiger partial charge in [-0.2, -0.15) is 0 Å². The third-order valence-corrected chi connectivity index (χ3v) is 5.39. The molecule has 4 aromatic rings. The Labute approximate surface area is 161 Å². The highest BCUT2D eigenvalue weighted by atomic mass is 79.9. The van der Waals surface area contributed by atoms with Gasteiger partial charge in [-0.05, 0) is 51.8 Å². The lowest BCUT2D eigenvalue weighted by Crippen LogP contribution is -2.25. The number of hydrogen-bond acceptors (Lipinski definition) is 2. The minimum absolute atomic E-state index is 0.00505. The molecule has 1 unspecified atom stereocenters. The molecule has 0 aliphatic rings. The molecule has 0 saturated heterocycles. The standard InChI is InChI=1S/C22H19BrN2O/c1-25(16-7-3-2-4-8-16)22(15-11-12-21(26)19(23)13-15)18-14-24-20-10-6-5-9-17(18)20/h2-14,22,24,26H,1H3. The third-order valence-electron chi connectivity index (χ3n) is 4.75. The topological polar surface area (TPSA) is 39.3 Å². The van der Waals surface area contributed by atoms with Crippen LogP contribution in [-0.4, -0.2) is 17.1 Å². The summed E-state index contributed by atoms with van der Waals surface area (Å²) in [4.78, 5) is 5.64. The van der Waals surface area contributed by atoms with Crippen molar-refractivity contribution < 1.29 is 5.11 Å². The second-order valence-corrected chi connectivity index (χ2v) is 7.20. The van der Waals surface area contributed by atoms with E-state index in [9.17, 15) is 5.11 Å². The number of phenols is 1. The van der Waals surface area contributed by atoms with E-state index in [1.54, 1.807) is 6.07 Å². The van der Waals surface area contributed by atoms with Gasteiger partial charge in [-0.3, -0.25) is 0 Å². The summed E-state index contributed by atoms with van der Waals surface area (Å²) in [6.07, 6.45) is 2.08. The summed E-state index contributed by atoms with van der Waals surface area (Å²) in [7, 11) is 2.10. The van der Waals surface area contributed by atoms with Gasteiger partial charge in [0.2, 0.25) is 0 Å². The van der Waals surface area contributed by atoms with Crippen LogP contribution in [0.15, 0.2) is 83.5 Å². The molecule has 0 radical (unpaired) electrons. The number of benzene rings is 3. The van der Waals surface area contributed by atoms with Crippen LogP contribution in [0.3, 0.4) is 0 Å². The SMILES string of the molecule is CN(c1ccccc1)C(c1ccc(O)c(Br)c1)c1c[nH]c2ccccc12. The second kappa shape index (κ2) is 6.89. The molecule has 26 heavy (non-hydrogen) atoms. The van der Waals surface area contributed by atoms with Crippen molar-refractivity contribution in [3.05, 3.63) is 94.6 Å². The Kier molecular flexibility index (Phi) is 4.43. The number of fused-ring (bicyclic) bond motifs is 1. The number of rotatable bonds is 4. The van der Waals surface area contributed by atoms with Gasteiger partial charge in [0.25, 0.3) is 0 Å². The first-order valence-electron chi connectivity index (χ1n) is 8.47. The number of aromatic hydroxyl groups is 1. The number of para-hydroxylation sites is 2. The van der Waals surface area contributed by atoms with E-state index in [-0.39, 0.29) is 11.8 Å². The number of hydrogen-bond donors (Lipinski definition) is 2. The molecule has 3 nitrogen and oxygen atoms in total. The van der Waals surface area contributed by atoms with Crippen LogP contribution in [0, 0.1) is 0 Å². The summed E-state index contributed by atoms with van der Waals surface area (Å²) >= 11 is 3.46. The number of nitrogens with one attached hydrogen (secondary N) is 1. The number of aromatic nitrogens is 1. The quantitative estimate of drug-likeness (QED) is 0.445. The average Bonchev–Trinajstić information content (AvgIpc) is 3.09. The number of phenolic OH excluding ortho intramolecular Hbond substituents is 1. The molecule has 0 saturated carbocycles. The Hall–Kier alpha value is -2.72. The van der Waals surface area contributed by atoms with E-state index in [4.69, 9.17) is 0 Å². The molecule has 0 spiro atoms. The van der Waals surface area contributed by atoms with Gasteiger partial charge < -0.3 is 15.0 Å². The monoisotopic (exact) mass is 406 g/mol. The van der Waals surface area contributed by atoms with Gasteiger partial charge in [0.1, 0.15) is 5.75 Å². The van der Waals surface area contributed by atoms with Crippen molar-refractivity contribution in [2.45, 2.75) is 6.04 Å². The molecule has 3 aromatic carbocycles. The summed E-state index contributed by atoms with van der Waals surface area (Å²) in [6.45, 7) is 0. The number of aromatic amines is 1. The summed E-state index contributed by atoms with van der Waals surface area (Å²) in [5.41, 5.74) is 4.55. The molecule has 0 fully saturated rings. The van der Waals surface area contributed by atoms with E-state index >= 15 is 0 Å². The molecule has 1 aromatic heterocycles. The van der Waals surface area contributed by atoms with Crippen LogP contribution in [-0.2, 0) is 0 Å². The van der Waals surface area contributed by atoms with Crippen molar-refractivity contribution in [1.82, 2.24) is 4.98 Å². The lowest BCUT2D eigenvalue weighted by molar-refractivity contribution is 0.471. The summed E-state index contributed by atoms with van der Waals surface area (Å²) in [5.74, 6) is 0.244. The number of nitrogens with zero attached hydrogens (tertiary/aromatic N) is 1. The van der Waals surface area contributed by atoms with Crippen molar-refractivity contribution in [2.24, 2.45) is 0 Å². The molecule has 0 bridgehead atoms. The van der Waals surface area contributed by atoms with Gasteiger partial charge in [-0.1, -0.05) is 42.5 Å². The van der Waals surface area contributed by atoms with Gasteiger partial charge in [0, 0.05) is 35.4 Å². The predicted octanol–water partition coefficient (Wildman–Crippen LogP) is 5.86. The van der Waals surface area contributed by atoms with Crippen LogP contribution < -0.4 is 4.90 Å². The fourth-order valence-electron chi connectivity index (χ4n) is 3.44. The fourth-order valence-corrected chi connectivity index (χ4v) is 3.83. The Bertz CT molecular complexity index is 1040. The van der Waals surface area contributed by atoms with Crippen molar-refractivity contribution in [3.8, 4) is 5.75 Å². The fraction of sp³-hybridized carbons (Fsp3) is 0.0909. The first-order chi connectivity index (χ1) is 12.6. The van der Waals surface area contributed by atoms with E-state index < -0.39 is 0 Å². The minimum atomic E-state index is 0.00505. The van der Waals surface area contributed by atoms with E-state index in [1.165, 1.54) is 10.9 Å². The molecule has 130 valence electrons. The van der Waals surface area contributed by atoms with Crippen LogP contribution in [0.25, 0.3) is 10.9 Å². The van der Waals surface area contributed by atoms with E-state index in [0.717, 1.165) is 16.8 Å². The molecule has 1 atom stereocenters. The zero-order chi connectivity index (χ0) is 18.1. The van der Waals surface area contributed by atoms with E-state index in [1.807, 2.05) is 36.4 Å². The van der Waals surface area contributed by atoms with Crippen molar-refractivity contribution in [2.75, 3.05) is 11.9 Å². The zero-order valence-corrected chi connectivity index (χ0v) is 15.9. The van der Waals surface area contributed by atoms with Crippen LogP contribution in [0.2, 0.25) is 0 Å². The summed E-state index contributed by atoms with van der Waals surface area (Å²) in [5, 5.41) is 11.1. The first kappa shape index (κ1) is 16.7. The molecule has 0 aliphatic heterocycles. The maximum Gasteiger partial charge on any atom is 0.129 e. The Morgan fingerprint density at radius 3 is 2.46 bits per heavy atom. The van der Waals surface area contributed by atoms with Gasteiger partial charge in [0.05, 0.1) is 10.5 Å². The van der Waals surface area contributed by atoms with E-state index in [0.29, 0.717) is 4.47 Å². The molecule has 4 heteroatoms. The lowest BCUT2D eigenvalue weighted by atomic mass is 9.96. The Morgan fingerprint density at radius 1 is 0.962 bits per heavy atom. The maximum atomic E-state index is 9.92. The van der Waals surface area contributed by atoms with Gasteiger partial charge in [-0.15, -0.1) is 0 Å². The van der Waals surface area contributed by atoms with Crippen molar-refractivity contribution in [3.63, 3.8) is 0 Å². The highest BCUT2D eigenvalue weighted by molar-refractivity contribution is 9.10. The van der Waals surface area contributed by atoms with Gasteiger partial charge in [-0.25, -0.2) is 0 Å². The summed E-state index contributed by atoms with van der Waals surface area (Å²) in [6, 6.07) is 24.4. The smallest absolute Gasteiger partial charge is 0.129 e. The average molecular weight is 407 g/mol. The molecule has 0 aliphatic carbocycles. The second-order valence-electron chi connectivity index (χ2n) is 6.35. The van der Waals surface area contributed by atoms with Gasteiger partial charge in [0.15, 0.2) is 0 Å². The third kappa shape index (κ3) is 2.97. The molecule has 4 rings (SSSR count). The highest BCUT2D eigenvalue weighted by Gasteiger charge is 2.23. The molecule has 2 N–H and O–H groups in total. The van der Waals surface area contributed by atoms with Crippen LogP contribution >= 0.6 is 15.9 Å². The van der Waals surface area contributed by atoms with E-state index in [2.05, 4.69) is 69.4 Å². The lowest BCUT2D eigenvalue weighted by Gasteiger charge is -2.31. The zero-order valence-electron chi connectivity index (χ0n) is 14.4. The van der Waals surface area contributed by atoms with Crippen LogP contribution in [0.5, 0.6) is 5.75 Å². The highest BCUT2D eigenvalue weighted by Crippen LogP contribution is 2.38. The van der Waals surface area contributed by atoms with Crippen LogP contribution in [0.1, 0.15) is 17.2 Å². The van der Waals surface area contributed by atoms with Crippen LogP contribution in [0.4, 0.5) is 5.69 Å². The first-order valence-corrected chi connectivity index (χ1v) is 9.27. The number of H-pyrrole nitrogens is 1. The van der Waals surface area contributed by atoms with Crippen molar-refractivity contribution in [1.29, 1.82) is 0 Å². The largest absolute Gasteiger partial charge is 0.507 e. The number of anilines is 1. The molecule has 1 heterocycles. The Balaban J connectivity index is 1.90. The minimum Gasteiger partial charge on any atom is -0.507 e. The number of halogens is 1. The molecular formula is C22H19BrN2O. The summed E-state index contributed by atoms with van der Waals surface area (Å²) < 4.78 is 0.696. The Morgan fingerprint density at radius 2 is 1.69 bits per heavy atom. The van der Waals surface area contributed by atoms with Gasteiger partial charge >= 0.3 is 0 Å². The maximum absolute atomic E-state index is 9.92.